The molecule has 1 spiro atoms. The second kappa shape index (κ2) is 3.47. The molecule has 4 saturated carbocycles. The van der Waals surface area contributed by atoms with E-state index in [4.69, 9.17) is 0 Å². The van der Waals surface area contributed by atoms with Gasteiger partial charge in [-0.15, -0.1) is 0 Å². The quantitative estimate of drug-likeness (QED) is 0.681. The van der Waals surface area contributed by atoms with E-state index >= 15 is 0 Å². The first-order valence-electron chi connectivity index (χ1n) is 8.87. The molecule has 4 aliphatic rings. The molecule has 0 aromatic heterocycles. The summed E-state index contributed by atoms with van der Waals surface area (Å²) in [6.45, 7) is 7.45. The van der Waals surface area contributed by atoms with Gasteiger partial charge in [-0.3, -0.25) is 0 Å². The zero-order valence-electron chi connectivity index (χ0n) is 13.6. The lowest BCUT2D eigenvalue weighted by molar-refractivity contribution is -0.204. The first-order valence-corrected chi connectivity index (χ1v) is 8.87. The molecule has 0 aromatic carbocycles. The van der Waals surface area contributed by atoms with Crippen molar-refractivity contribution >= 4 is 15.7 Å². The van der Waals surface area contributed by atoms with Gasteiger partial charge in [0, 0.05) is 0 Å². The maximum atomic E-state index is 2.60. The molecule has 0 saturated heterocycles. The molecule has 4 atom stereocenters. The highest BCUT2D eigenvalue weighted by Gasteiger charge is 2.78. The van der Waals surface area contributed by atoms with Crippen LogP contribution in [0.1, 0.15) is 59.3 Å². The molecule has 4 unspecified atom stereocenters. The van der Waals surface area contributed by atoms with Crippen LogP contribution in [0.3, 0.4) is 0 Å². The summed E-state index contributed by atoms with van der Waals surface area (Å²) in [5.74, 6) is 5.59. The van der Waals surface area contributed by atoms with Crippen LogP contribution in [-0.4, -0.2) is 15.7 Å². The predicted molar refractivity (Wildman–Crippen MR) is 86.8 cm³/mol. The van der Waals surface area contributed by atoms with E-state index in [0.717, 1.165) is 35.0 Å². The van der Waals surface area contributed by atoms with Gasteiger partial charge in [0.05, 0.1) is 0 Å². The summed E-state index contributed by atoms with van der Waals surface area (Å²) in [6, 6.07) is 0. The predicted octanol–water partition coefficient (Wildman–Crippen LogP) is 2.88. The third kappa shape index (κ3) is 1.15. The van der Waals surface area contributed by atoms with Crippen molar-refractivity contribution < 1.29 is 0 Å². The van der Waals surface area contributed by atoms with E-state index in [0.29, 0.717) is 10.6 Å². The largest absolute Gasteiger partial charge is 0.100 e. The van der Waals surface area contributed by atoms with E-state index < -0.39 is 0 Å². The molecular weight excluding hydrogens is 226 g/mol. The van der Waals surface area contributed by atoms with Crippen LogP contribution in [0.25, 0.3) is 0 Å². The first kappa shape index (κ1) is 12.8. The molecule has 0 heterocycles. The fourth-order valence-electron chi connectivity index (χ4n) is 7.46. The third-order valence-corrected chi connectivity index (χ3v) is 9.25. The van der Waals surface area contributed by atoms with Crippen LogP contribution in [-0.2, 0) is 0 Å². The van der Waals surface area contributed by atoms with Gasteiger partial charge in [-0.2, -0.15) is 0 Å². The minimum absolute atomic E-state index is 0.499. The lowest BCUT2D eigenvalue weighted by atomic mass is 9.25. The molecule has 19 heavy (non-hydrogen) atoms. The molecule has 2 heteroatoms. The highest BCUT2D eigenvalue weighted by Crippen LogP contribution is 2.85. The maximum Gasteiger partial charge on any atom is 0.100 e. The lowest BCUT2D eigenvalue weighted by Gasteiger charge is -2.71. The van der Waals surface area contributed by atoms with Crippen molar-refractivity contribution in [1.82, 2.24) is 0 Å². The molecule has 0 radical (unpaired) electrons. The van der Waals surface area contributed by atoms with Crippen molar-refractivity contribution in [3.8, 4) is 0 Å². The standard InChI is InChI=1S/C17H30B2/c1-4-15(2,3)17(18,19)14-12-7-5-10-9-11-6-8-13(14)16(10,11)12/h10-14H,4-9,18-19H2,1-3H3. The molecule has 0 aromatic rings. The fourth-order valence-corrected chi connectivity index (χ4v) is 7.46. The molecule has 104 valence electrons. The Hall–Kier alpha value is 0.130. The summed E-state index contributed by atoms with van der Waals surface area (Å²) in [7, 11) is 5.21. The molecule has 0 bridgehead atoms. The highest BCUT2D eigenvalue weighted by atomic mass is 14.8. The Morgan fingerprint density at radius 3 is 2.00 bits per heavy atom. The zero-order chi connectivity index (χ0) is 13.6. The third-order valence-electron chi connectivity index (χ3n) is 9.25. The monoisotopic (exact) mass is 256 g/mol. The van der Waals surface area contributed by atoms with E-state index in [1.807, 2.05) is 0 Å². The van der Waals surface area contributed by atoms with Gasteiger partial charge in [0.2, 0.25) is 0 Å². The average molecular weight is 256 g/mol. The molecule has 4 fully saturated rings. The van der Waals surface area contributed by atoms with E-state index in [2.05, 4.69) is 36.5 Å². The van der Waals surface area contributed by atoms with Gasteiger partial charge in [-0.1, -0.05) is 32.4 Å². The zero-order valence-corrected chi connectivity index (χ0v) is 13.6. The molecule has 0 aliphatic heterocycles. The normalized spacial score (nSPS) is 51.2. The smallest absolute Gasteiger partial charge is 0.0763 e. The average Bonchev–Trinajstić information content (AvgIpc) is 2.70. The van der Waals surface area contributed by atoms with Gasteiger partial charge < -0.3 is 0 Å². The SMILES string of the molecule is BC(B)(C1C2CCC3CC4CCC1C342)C(C)(C)CC. The van der Waals surface area contributed by atoms with E-state index in [1.54, 1.807) is 32.1 Å². The van der Waals surface area contributed by atoms with Crippen molar-refractivity contribution in [1.29, 1.82) is 0 Å². The van der Waals surface area contributed by atoms with Gasteiger partial charge >= 0.3 is 0 Å². The second-order valence-electron chi connectivity index (χ2n) is 9.48. The van der Waals surface area contributed by atoms with E-state index in [1.165, 1.54) is 6.42 Å². The van der Waals surface area contributed by atoms with Gasteiger partial charge in [0.1, 0.15) is 15.7 Å². The van der Waals surface area contributed by atoms with Gasteiger partial charge in [-0.25, -0.2) is 0 Å². The minimum atomic E-state index is 0.499. The van der Waals surface area contributed by atoms with Crippen LogP contribution in [0.15, 0.2) is 0 Å². The number of hydrogen-bond donors (Lipinski definition) is 0. The Balaban J connectivity index is 1.68. The highest BCUT2D eigenvalue weighted by molar-refractivity contribution is 6.40. The van der Waals surface area contributed by atoms with Gasteiger partial charge in [0.15, 0.2) is 0 Å². The first-order chi connectivity index (χ1) is 8.87. The minimum Gasteiger partial charge on any atom is -0.0763 e. The van der Waals surface area contributed by atoms with Crippen molar-refractivity contribution in [2.75, 3.05) is 0 Å². The van der Waals surface area contributed by atoms with Crippen molar-refractivity contribution in [2.24, 2.45) is 40.4 Å². The van der Waals surface area contributed by atoms with Crippen LogP contribution in [0.2, 0.25) is 5.21 Å². The Morgan fingerprint density at radius 1 is 1.00 bits per heavy atom. The Kier molecular flexibility index (Phi) is 2.35. The van der Waals surface area contributed by atoms with Crippen LogP contribution in [0.4, 0.5) is 0 Å². The maximum absolute atomic E-state index is 2.60. The van der Waals surface area contributed by atoms with Gasteiger partial charge in [0.25, 0.3) is 0 Å². The van der Waals surface area contributed by atoms with Crippen molar-refractivity contribution in [3.05, 3.63) is 0 Å². The van der Waals surface area contributed by atoms with E-state index in [-0.39, 0.29) is 0 Å². The number of hydrogen-bond acceptors (Lipinski definition) is 0. The van der Waals surface area contributed by atoms with Crippen LogP contribution in [0, 0.1) is 40.4 Å². The van der Waals surface area contributed by atoms with Gasteiger partial charge in [-0.05, 0) is 72.5 Å². The lowest BCUT2D eigenvalue weighted by Crippen LogP contribution is -2.66. The Bertz CT molecular complexity index is 387. The molecular formula is C17H30B2. The molecule has 0 N–H and O–H groups in total. The molecule has 0 nitrogen and oxygen atoms in total. The Labute approximate surface area is 121 Å². The van der Waals surface area contributed by atoms with Crippen LogP contribution < -0.4 is 0 Å². The molecule has 4 rings (SSSR count). The summed E-state index contributed by atoms with van der Waals surface area (Å²) in [6.07, 6.45) is 9.25. The Morgan fingerprint density at radius 2 is 1.53 bits per heavy atom. The topological polar surface area (TPSA) is 0 Å². The summed E-state index contributed by atoms with van der Waals surface area (Å²) in [5.41, 5.74) is 1.39. The van der Waals surface area contributed by atoms with Crippen molar-refractivity contribution in [3.63, 3.8) is 0 Å². The summed E-state index contributed by atoms with van der Waals surface area (Å²) in [4.78, 5) is 0. The second-order valence-corrected chi connectivity index (χ2v) is 9.48. The fraction of sp³-hybridized carbons (Fsp3) is 1.00. The molecule has 0 amide bonds. The number of rotatable bonds is 3. The van der Waals surface area contributed by atoms with Crippen molar-refractivity contribution in [2.45, 2.75) is 64.5 Å². The molecule has 4 aliphatic carbocycles. The summed E-state index contributed by atoms with van der Waals surface area (Å²) in [5, 5.41) is 0.529. The summed E-state index contributed by atoms with van der Waals surface area (Å²) >= 11 is 0. The van der Waals surface area contributed by atoms with Crippen LogP contribution in [0.5, 0.6) is 0 Å². The summed E-state index contributed by atoms with van der Waals surface area (Å²) < 4.78 is 0. The van der Waals surface area contributed by atoms with Crippen LogP contribution >= 0.6 is 0 Å². The van der Waals surface area contributed by atoms with E-state index in [9.17, 15) is 0 Å².